The number of hydrogen-bond donors (Lipinski definition) is 3. The number of rotatable bonds is 7. The molecule has 0 heterocycles. The number of nitrogen functional groups attached to an aromatic ring is 1. The van der Waals surface area contributed by atoms with Gasteiger partial charge in [-0.3, -0.25) is 4.79 Å². The largest absolute Gasteiger partial charge is 0.398 e. The van der Waals surface area contributed by atoms with Crippen molar-refractivity contribution in [2.24, 2.45) is 0 Å². The van der Waals surface area contributed by atoms with Gasteiger partial charge in [0.05, 0.1) is 4.90 Å². The van der Waals surface area contributed by atoms with Crippen LogP contribution in [0.4, 0.5) is 5.69 Å². The molecule has 4 N–H and O–H groups in total. The van der Waals surface area contributed by atoms with Crippen LogP contribution in [-0.2, 0) is 27.7 Å². The molecular weight excluding hydrogens is 290 g/mol. The van der Waals surface area contributed by atoms with Crippen molar-refractivity contribution in [2.75, 3.05) is 18.8 Å². The molecular formula is C14H23N3O3S. The van der Waals surface area contributed by atoms with Gasteiger partial charge in [0.2, 0.25) is 15.9 Å². The molecule has 0 fully saturated rings. The molecule has 1 aromatic rings. The van der Waals surface area contributed by atoms with Crippen LogP contribution in [-0.4, -0.2) is 27.4 Å². The number of aryl methyl sites for hydroxylation is 1. The van der Waals surface area contributed by atoms with Crippen LogP contribution in [0.3, 0.4) is 0 Å². The monoisotopic (exact) mass is 313 g/mol. The summed E-state index contributed by atoms with van der Waals surface area (Å²) in [7, 11) is -3.64. The summed E-state index contributed by atoms with van der Waals surface area (Å²) >= 11 is 0. The van der Waals surface area contributed by atoms with Gasteiger partial charge in [0.25, 0.3) is 0 Å². The fourth-order valence-corrected chi connectivity index (χ4v) is 3.47. The van der Waals surface area contributed by atoms with Crippen molar-refractivity contribution in [3.8, 4) is 0 Å². The third-order valence-corrected chi connectivity index (χ3v) is 4.67. The van der Waals surface area contributed by atoms with Crippen molar-refractivity contribution in [2.45, 2.75) is 38.5 Å². The minimum Gasteiger partial charge on any atom is -0.398 e. The maximum Gasteiger partial charge on any atom is 0.240 e. The van der Waals surface area contributed by atoms with Crippen LogP contribution in [0.5, 0.6) is 0 Å². The van der Waals surface area contributed by atoms with Crippen LogP contribution in [0.1, 0.15) is 31.9 Å². The second-order valence-corrected chi connectivity index (χ2v) is 6.48. The zero-order valence-corrected chi connectivity index (χ0v) is 13.5. The molecule has 0 unspecified atom stereocenters. The highest BCUT2D eigenvalue weighted by atomic mass is 32.2. The molecule has 6 nitrogen and oxygen atoms in total. The summed E-state index contributed by atoms with van der Waals surface area (Å²) < 4.78 is 27.3. The lowest BCUT2D eigenvalue weighted by molar-refractivity contribution is -0.118. The standard InChI is InChI=1S/C14H23N3O3S/c1-4-11-8-13(15)12(5-2)14(9-11)21(19,20)17-7-6-16-10(3)18/h8-9,17H,4-7,15H2,1-3H3,(H,16,18). The molecule has 0 saturated carbocycles. The number of hydrogen-bond acceptors (Lipinski definition) is 4. The van der Waals surface area contributed by atoms with E-state index in [0.717, 1.165) is 5.56 Å². The van der Waals surface area contributed by atoms with Crippen molar-refractivity contribution in [3.63, 3.8) is 0 Å². The van der Waals surface area contributed by atoms with Crippen molar-refractivity contribution >= 4 is 21.6 Å². The molecule has 1 rings (SSSR count). The SMILES string of the molecule is CCc1cc(N)c(CC)c(S(=O)(=O)NCCNC(C)=O)c1. The van der Waals surface area contributed by atoms with Crippen LogP contribution >= 0.6 is 0 Å². The summed E-state index contributed by atoms with van der Waals surface area (Å²) in [4.78, 5) is 11.0. The fraction of sp³-hybridized carbons (Fsp3) is 0.500. The van der Waals surface area contributed by atoms with Gasteiger partial charge in [-0.25, -0.2) is 13.1 Å². The molecule has 0 aliphatic rings. The van der Waals surface area contributed by atoms with Gasteiger partial charge in [-0.05, 0) is 36.1 Å². The minimum absolute atomic E-state index is 0.140. The molecule has 0 aromatic heterocycles. The quantitative estimate of drug-likeness (QED) is 0.512. The normalized spacial score (nSPS) is 11.4. The first kappa shape index (κ1) is 17.5. The summed E-state index contributed by atoms with van der Waals surface area (Å²) in [6.45, 7) is 5.59. The summed E-state index contributed by atoms with van der Waals surface area (Å²) in [5.74, 6) is -0.194. The van der Waals surface area contributed by atoms with Gasteiger partial charge in [0.15, 0.2) is 0 Å². The van der Waals surface area contributed by atoms with Crippen LogP contribution in [0.2, 0.25) is 0 Å². The van der Waals surface area contributed by atoms with Crippen molar-refractivity contribution in [1.29, 1.82) is 0 Å². The number of sulfonamides is 1. The van der Waals surface area contributed by atoms with Crippen molar-refractivity contribution < 1.29 is 13.2 Å². The smallest absolute Gasteiger partial charge is 0.240 e. The summed E-state index contributed by atoms with van der Waals surface area (Å²) in [6, 6.07) is 3.48. The Morgan fingerprint density at radius 1 is 1.19 bits per heavy atom. The highest BCUT2D eigenvalue weighted by molar-refractivity contribution is 7.89. The molecule has 0 aliphatic carbocycles. The van der Waals surface area contributed by atoms with E-state index in [4.69, 9.17) is 5.73 Å². The van der Waals surface area contributed by atoms with Gasteiger partial charge in [-0.1, -0.05) is 13.8 Å². The Labute approximate surface area is 126 Å². The summed E-state index contributed by atoms with van der Waals surface area (Å²) in [5.41, 5.74) is 7.96. The first-order valence-electron chi connectivity index (χ1n) is 6.97. The van der Waals surface area contributed by atoms with Gasteiger partial charge in [-0.15, -0.1) is 0 Å². The maximum absolute atomic E-state index is 12.4. The van der Waals surface area contributed by atoms with Crippen LogP contribution in [0.15, 0.2) is 17.0 Å². The number of benzene rings is 1. The highest BCUT2D eigenvalue weighted by Gasteiger charge is 2.20. The number of carbonyl (C=O) groups is 1. The second kappa shape index (κ2) is 7.42. The van der Waals surface area contributed by atoms with Crippen LogP contribution in [0.25, 0.3) is 0 Å². The first-order valence-corrected chi connectivity index (χ1v) is 8.45. The van der Waals surface area contributed by atoms with Gasteiger partial charge in [0, 0.05) is 25.7 Å². The molecule has 21 heavy (non-hydrogen) atoms. The van der Waals surface area contributed by atoms with Gasteiger partial charge >= 0.3 is 0 Å². The van der Waals surface area contributed by atoms with Gasteiger partial charge in [-0.2, -0.15) is 0 Å². The Morgan fingerprint density at radius 3 is 2.38 bits per heavy atom. The number of nitrogens with one attached hydrogen (secondary N) is 2. The lowest BCUT2D eigenvalue weighted by Crippen LogP contribution is -2.34. The third-order valence-electron chi connectivity index (χ3n) is 3.15. The van der Waals surface area contributed by atoms with E-state index in [1.54, 1.807) is 6.07 Å². The van der Waals surface area contributed by atoms with Crippen LogP contribution < -0.4 is 15.8 Å². The van der Waals surface area contributed by atoms with Crippen molar-refractivity contribution in [3.05, 3.63) is 23.3 Å². The predicted octanol–water partition coefficient (Wildman–Crippen LogP) is 0.808. The Kier molecular flexibility index (Phi) is 6.17. The number of carbonyl (C=O) groups excluding carboxylic acids is 1. The minimum atomic E-state index is -3.64. The molecule has 0 spiro atoms. The Balaban J connectivity index is 3.01. The lowest BCUT2D eigenvalue weighted by atomic mass is 10.1. The number of anilines is 1. The van der Waals surface area contributed by atoms with Gasteiger partial charge < -0.3 is 11.1 Å². The summed E-state index contributed by atoms with van der Waals surface area (Å²) in [6.07, 6.45) is 1.25. The molecule has 1 amide bonds. The zero-order chi connectivity index (χ0) is 16.0. The topological polar surface area (TPSA) is 101 Å². The van der Waals surface area contributed by atoms with E-state index < -0.39 is 10.0 Å². The highest BCUT2D eigenvalue weighted by Crippen LogP contribution is 2.25. The average Bonchev–Trinajstić information content (AvgIpc) is 2.42. The predicted molar refractivity (Wildman–Crippen MR) is 83.5 cm³/mol. The molecule has 0 radical (unpaired) electrons. The fourth-order valence-electron chi connectivity index (χ4n) is 2.05. The molecule has 0 atom stereocenters. The Hall–Kier alpha value is -1.60. The van der Waals surface area contributed by atoms with Crippen molar-refractivity contribution in [1.82, 2.24) is 10.0 Å². The molecule has 0 bridgehead atoms. The van der Waals surface area contributed by atoms with Crippen LogP contribution in [0, 0.1) is 0 Å². The van der Waals surface area contributed by atoms with E-state index in [9.17, 15) is 13.2 Å². The molecule has 0 saturated heterocycles. The van der Waals surface area contributed by atoms with E-state index in [0.29, 0.717) is 24.1 Å². The van der Waals surface area contributed by atoms with E-state index in [1.165, 1.54) is 6.92 Å². The zero-order valence-electron chi connectivity index (χ0n) is 12.7. The first-order chi connectivity index (χ1) is 9.81. The number of nitrogens with two attached hydrogens (primary N) is 1. The van der Waals surface area contributed by atoms with E-state index in [1.807, 2.05) is 19.9 Å². The summed E-state index contributed by atoms with van der Waals surface area (Å²) in [5, 5.41) is 2.54. The molecule has 7 heteroatoms. The maximum atomic E-state index is 12.4. The molecule has 1 aromatic carbocycles. The van der Waals surface area contributed by atoms with E-state index in [2.05, 4.69) is 10.0 Å². The Morgan fingerprint density at radius 2 is 1.86 bits per heavy atom. The third kappa shape index (κ3) is 4.71. The van der Waals surface area contributed by atoms with E-state index >= 15 is 0 Å². The Bertz CT molecular complexity index is 612. The lowest BCUT2D eigenvalue weighted by Gasteiger charge is -2.14. The molecule has 118 valence electrons. The average molecular weight is 313 g/mol. The van der Waals surface area contributed by atoms with E-state index in [-0.39, 0.29) is 23.9 Å². The number of amides is 1. The molecule has 0 aliphatic heterocycles. The second-order valence-electron chi connectivity index (χ2n) is 4.75. The van der Waals surface area contributed by atoms with Gasteiger partial charge in [0.1, 0.15) is 0 Å².